The molecule has 0 amide bonds. The highest BCUT2D eigenvalue weighted by atomic mass is 31.2. The lowest BCUT2D eigenvalue weighted by Crippen LogP contribution is -2.37. The molecule has 0 saturated heterocycles. The molecule has 0 aliphatic rings. The first-order valence-electron chi connectivity index (χ1n) is 40.3. The maximum atomic E-state index is 12.9. The van der Waals surface area contributed by atoms with Crippen LogP contribution in [0.1, 0.15) is 386 Å². The number of carbonyl (C=O) groups excluding carboxylic acids is 2. The molecule has 0 spiro atoms. The number of hydrogen-bond acceptors (Lipinski definition) is 7. The van der Waals surface area contributed by atoms with Crippen molar-refractivity contribution in [3.8, 4) is 0 Å². The largest absolute Gasteiger partial charge is 0.472 e. The number of ether oxygens (including phenoxy) is 2. The Morgan fingerprint density at radius 1 is 0.340 bits per heavy atom. The fourth-order valence-electron chi connectivity index (χ4n) is 11.8. The van der Waals surface area contributed by atoms with Crippen molar-refractivity contribution < 1.29 is 42.1 Å². The van der Waals surface area contributed by atoms with Gasteiger partial charge in [-0.1, -0.05) is 369 Å². The first-order valence-corrected chi connectivity index (χ1v) is 41.8. The smallest absolute Gasteiger partial charge is 0.462 e. The monoisotopic (exact) mass is 1340 g/mol. The van der Waals surface area contributed by atoms with Crippen LogP contribution in [0.15, 0.2) is 85.1 Å². The predicted octanol–water partition coefficient (Wildman–Crippen LogP) is 26.8. The molecule has 0 aliphatic heterocycles. The zero-order valence-electron chi connectivity index (χ0n) is 62.7. The number of rotatable bonds is 75. The van der Waals surface area contributed by atoms with Crippen LogP contribution in [0.5, 0.6) is 0 Å². The van der Waals surface area contributed by atoms with E-state index in [0.717, 1.165) is 70.6 Å². The van der Waals surface area contributed by atoms with Gasteiger partial charge >= 0.3 is 19.8 Å². The van der Waals surface area contributed by atoms with Crippen LogP contribution in [0.25, 0.3) is 0 Å². The SMILES string of the molecule is CC/C=C\C/C=C\C/C=C\C/C=C\C/C=C\C/C=C\CCCCCCCCCCCCCCCCCCCCCCCCC(=O)OC(COC(=O)CCCCCCCCCCCCCCCCCCC/C=C\CCCCCCCCCC)COP(=O)(O)OCC[N+](C)(C)C. The number of esters is 2. The van der Waals surface area contributed by atoms with Crippen molar-refractivity contribution in [2.75, 3.05) is 47.5 Å². The predicted molar refractivity (Wildman–Crippen MR) is 409 cm³/mol. The summed E-state index contributed by atoms with van der Waals surface area (Å²) in [4.78, 5) is 36.0. The van der Waals surface area contributed by atoms with Crippen LogP contribution < -0.4 is 0 Å². The molecule has 1 N–H and O–H groups in total. The number of likely N-dealkylation sites (N-methyl/N-ethyl adjacent to an activating group) is 1. The highest BCUT2D eigenvalue weighted by Crippen LogP contribution is 2.43. The minimum Gasteiger partial charge on any atom is -0.462 e. The maximum absolute atomic E-state index is 12.9. The third-order valence-corrected chi connectivity index (χ3v) is 18.9. The molecule has 10 heteroatoms. The lowest BCUT2D eigenvalue weighted by Gasteiger charge is -2.24. The van der Waals surface area contributed by atoms with E-state index in [1.807, 2.05) is 21.1 Å². The molecule has 2 unspecified atom stereocenters. The molecule has 0 rings (SSSR count). The van der Waals surface area contributed by atoms with Crippen LogP contribution in [0, 0.1) is 0 Å². The van der Waals surface area contributed by atoms with E-state index in [1.165, 1.54) is 283 Å². The van der Waals surface area contributed by atoms with Crippen LogP contribution in [-0.4, -0.2) is 74.9 Å². The molecular formula is C84H155NO8P+. The van der Waals surface area contributed by atoms with E-state index < -0.39 is 26.5 Å². The molecule has 0 heterocycles. The molecule has 9 nitrogen and oxygen atoms in total. The van der Waals surface area contributed by atoms with Gasteiger partial charge in [0.05, 0.1) is 27.7 Å². The zero-order chi connectivity index (χ0) is 68.3. The number of quaternary nitrogens is 1. The summed E-state index contributed by atoms with van der Waals surface area (Å²) in [6, 6.07) is 0. The number of nitrogens with zero attached hydrogens (tertiary/aromatic N) is 1. The van der Waals surface area contributed by atoms with Gasteiger partial charge in [0.25, 0.3) is 0 Å². The molecule has 2 atom stereocenters. The second-order valence-corrected chi connectivity index (χ2v) is 29.9. The van der Waals surface area contributed by atoms with Crippen molar-refractivity contribution in [3.05, 3.63) is 85.1 Å². The first kappa shape index (κ1) is 91.2. The second kappa shape index (κ2) is 74.4. The molecule has 0 fully saturated rings. The second-order valence-electron chi connectivity index (χ2n) is 28.4. The third-order valence-electron chi connectivity index (χ3n) is 17.9. The van der Waals surface area contributed by atoms with Gasteiger partial charge in [-0.05, 0) is 89.9 Å². The Morgan fingerprint density at radius 2 is 0.606 bits per heavy atom. The average molecular weight is 1340 g/mol. The van der Waals surface area contributed by atoms with E-state index in [1.54, 1.807) is 0 Å². The lowest BCUT2D eigenvalue weighted by atomic mass is 10.0. The summed E-state index contributed by atoms with van der Waals surface area (Å²) in [7, 11) is 1.49. The molecule has 0 aliphatic carbocycles. The van der Waals surface area contributed by atoms with Gasteiger partial charge in [0, 0.05) is 12.8 Å². The summed E-state index contributed by atoms with van der Waals surface area (Å²) in [6.45, 7) is 4.38. The summed E-state index contributed by atoms with van der Waals surface area (Å²) in [5, 5.41) is 0. The maximum Gasteiger partial charge on any atom is 0.472 e. The Kier molecular flexibility index (Phi) is 72.2. The van der Waals surface area contributed by atoms with E-state index >= 15 is 0 Å². The fourth-order valence-corrected chi connectivity index (χ4v) is 12.5. The molecule has 0 aromatic rings. The Labute approximate surface area is 583 Å². The minimum atomic E-state index is -4.40. The summed E-state index contributed by atoms with van der Waals surface area (Å²) in [5.74, 6) is -0.777. The van der Waals surface area contributed by atoms with Crippen LogP contribution in [0.3, 0.4) is 0 Å². The summed E-state index contributed by atoms with van der Waals surface area (Å²) < 4.78 is 34.8. The minimum absolute atomic E-state index is 0.0330. The first-order chi connectivity index (χ1) is 46.0. The van der Waals surface area contributed by atoms with Gasteiger partial charge in [-0.3, -0.25) is 18.6 Å². The summed E-state index contributed by atoms with van der Waals surface area (Å²) in [5.41, 5.74) is 0. The van der Waals surface area contributed by atoms with Crippen LogP contribution in [0.4, 0.5) is 0 Å². The van der Waals surface area contributed by atoms with Crippen molar-refractivity contribution in [2.24, 2.45) is 0 Å². The number of unbranched alkanes of at least 4 members (excludes halogenated alkanes) is 47. The van der Waals surface area contributed by atoms with E-state index in [2.05, 4.69) is 98.9 Å². The molecule has 0 aromatic heterocycles. The quantitative estimate of drug-likeness (QED) is 0.0211. The molecule has 548 valence electrons. The van der Waals surface area contributed by atoms with Gasteiger partial charge < -0.3 is 18.9 Å². The van der Waals surface area contributed by atoms with E-state index in [0.29, 0.717) is 23.9 Å². The lowest BCUT2D eigenvalue weighted by molar-refractivity contribution is -0.870. The van der Waals surface area contributed by atoms with Gasteiger partial charge in [0.1, 0.15) is 19.8 Å². The number of hydrogen-bond donors (Lipinski definition) is 1. The summed E-state index contributed by atoms with van der Waals surface area (Å²) in [6.07, 6.45) is 103. The van der Waals surface area contributed by atoms with Crippen LogP contribution in [-0.2, 0) is 32.7 Å². The van der Waals surface area contributed by atoms with E-state index in [-0.39, 0.29) is 25.6 Å². The van der Waals surface area contributed by atoms with Crippen LogP contribution in [0.2, 0.25) is 0 Å². The van der Waals surface area contributed by atoms with Crippen LogP contribution >= 0.6 is 7.82 Å². The summed E-state index contributed by atoms with van der Waals surface area (Å²) >= 11 is 0. The Morgan fingerprint density at radius 3 is 0.915 bits per heavy atom. The standard InChI is InChI=1S/C84H154NO8P/c1-6-8-10-12-14-16-18-20-22-24-26-28-30-32-34-36-37-38-39-40-41-42-43-44-45-46-47-49-51-53-55-57-59-61-63-65-67-69-71-73-75-77-84(87)93-82(81-92-94(88,89)91-79-78-85(3,4)5)80-90-83(86)76-74-72-70-68-66-64-62-60-58-56-54-52-50-48-35-33-31-29-27-25-23-21-19-17-15-13-11-9-7-2/h8,10,14,16,20,22,25-28,32,34,37-38,82H,6-7,9,11-13,15,17-19,21,23-24,29-31,33,35-36,39-81H2,1-5H3/p+1/b10-8-,16-14-,22-20-,27-25-,28-26-,34-32-,38-37-. The Balaban J connectivity index is 3.91. The molecular weight excluding hydrogens is 1180 g/mol. The molecule has 0 saturated carbocycles. The van der Waals surface area contributed by atoms with E-state index in [4.69, 9.17) is 18.5 Å². The number of carbonyl (C=O) groups is 2. The average Bonchev–Trinajstić information content (AvgIpc) is 1.57. The van der Waals surface area contributed by atoms with Crippen molar-refractivity contribution in [3.63, 3.8) is 0 Å². The number of phosphoric ester groups is 1. The van der Waals surface area contributed by atoms with Gasteiger partial charge in [-0.2, -0.15) is 0 Å². The number of allylic oxidation sites excluding steroid dienone is 14. The van der Waals surface area contributed by atoms with Crippen molar-refractivity contribution in [1.29, 1.82) is 0 Å². The van der Waals surface area contributed by atoms with Gasteiger partial charge in [0.2, 0.25) is 0 Å². The highest BCUT2D eigenvalue weighted by Gasteiger charge is 2.27. The fraction of sp³-hybridized carbons (Fsp3) is 0.810. The molecule has 94 heavy (non-hydrogen) atoms. The van der Waals surface area contributed by atoms with Crippen molar-refractivity contribution in [2.45, 2.75) is 392 Å². The van der Waals surface area contributed by atoms with Gasteiger partial charge in [0.15, 0.2) is 6.10 Å². The highest BCUT2D eigenvalue weighted by molar-refractivity contribution is 7.47. The van der Waals surface area contributed by atoms with Gasteiger partial charge in [-0.15, -0.1) is 0 Å². The third kappa shape index (κ3) is 78.2. The van der Waals surface area contributed by atoms with E-state index in [9.17, 15) is 19.0 Å². The molecule has 0 bridgehead atoms. The van der Waals surface area contributed by atoms with Gasteiger partial charge in [-0.25, -0.2) is 4.57 Å². The molecule has 0 radical (unpaired) electrons. The normalized spacial score (nSPS) is 13.5. The van der Waals surface area contributed by atoms with Crippen molar-refractivity contribution >= 4 is 19.8 Å². The number of phosphoric acid groups is 1. The molecule has 0 aromatic carbocycles. The zero-order valence-corrected chi connectivity index (χ0v) is 63.6. The Hall–Kier alpha value is -2.81. The van der Waals surface area contributed by atoms with Crippen molar-refractivity contribution in [1.82, 2.24) is 0 Å². The topological polar surface area (TPSA) is 108 Å². The Bertz CT molecular complexity index is 1860.